The summed E-state index contributed by atoms with van der Waals surface area (Å²) in [6.07, 6.45) is 1.95. The molecule has 0 aromatic carbocycles. The molecule has 0 amide bonds. The maximum atomic E-state index is 11.9. The Morgan fingerprint density at radius 1 is 1.11 bits per heavy atom. The zero-order valence-electron chi connectivity index (χ0n) is 9.85. The number of hydrogen-bond donors (Lipinski definition) is 1. The number of aromatic nitrogens is 1. The van der Waals surface area contributed by atoms with E-state index in [2.05, 4.69) is 4.98 Å². The minimum absolute atomic E-state index is 0.468. The summed E-state index contributed by atoms with van der Waals surface area (Å²) in [4.78, 5) is 3.05. The van der Waals surface area contributed by atoms with Gasteiger partial charge in [-0.25, -0.2) is 35.4 Å². The van der Waals surface area contributed by atoms with Gasteiger partial charge in [-0.05, 0) is 12.1 Å². The minimum atomic E-state index is -4.16. The molecule has 8 nitrogen and oxygen atoms in total. The first kappa shape index (κ1) is 16.0. The average Bonchev–Trinajstić information content (AvgIpc) is 2.25. The Balaban J connectivity index is 3.31. The molecule has 0 saturated carbocycles. The van der Waals surface area contributed by atoms with Gasteiger partial charge < -0.3 is 0 Å². The van der Waals surface area contributed by atoms with Crippen LogP contribution in [-0.4, -0.2) is 48.0 Å². The first-order valence-corrected chi connectivity index (χ1v) is 10.1. The SMILES string of the molecule is CS(=O)(=O)c1cccnc1S(=O)(=O)CCS(N)(=O)=O. The summed E-state index contributed by atoms with van der Waals surface area (Å²) >= 11 is 0. The van der Waals surface area contributed by atoms with Gasteiger partial charge in [-0.2, -0.15) is 0 Å². The standard InChI is InChI=1S/C8H12N2O6S3/c1-17(11,12)7-3-2-4-10-8(7)18(13,14)5-6-19(9,15)16/h2-4H,5-6H2,1H3,(H2,9,15,16). The van der Waals surface area contributed by atoms with E-state index in [0.717, 1.165) is 18.5 Å². The van der Waals surface area contributed by atoms with E-state index < -0.39 is 51.1 Å². The normalized spacial score (nSPS) is 13.4. The second-order valence-corrected chi connectivity index (χ2v) is 9.51. The summed E-state index contributed by atoms with van der Waals surface area (Å²) in [5.41, 5.74) is 0. The van der Waals surface area contributed by atoms with Crippen LogP contribution in [0.1, 0.15) is 0 Å². The number of hydrogen-bond acceptors (Lipinski definition) is 7. The van der Waals surface area contributed by atoms with E-state index in [-0.39, 0.29) is 0 Å². The Morgan fingerprint density at radius 2 is 1.68 bits per heavy atom. The highest BCUT2D eigenvalue weighted by atomic mass is 32.2. The van der Waals surface area contributed by atoms with Crippen molar-refractivity contribution in [2.75, 3.05) is 17.8 Å². The van der Waals surface area contributed by atoms with Gasteiger partial charge in [0.25, 0.3) is 0 Å². The molecule has 1 aromatic rings. The fourth-order valence-corrected chi connectivity index (χ4v) is 5.34. The number of nitrogens with two attached hydrogens (primary N) is 1. The van der Waals surface area contributed by atoms with Crippen LogP contribution in [0, 0.1) is 0 Å². The lowest BCUT2D eigenvalue weighted by molar-refractivity contribution is 0.578. The molecule has 1 aromatic heterocycles. The number of rotatable bonds is 5. The summed E-state index contributed by atoms with van der Waals surface area (Å²) in [5.74, 6) is -1.64. The van der Waals surface area contributed by atoms with E-state index in [9.17, 15) is 25.3 Å². The van der Waals surface area contributed by atoms with Crippen molar-refractivity contribution >= 4 is 29.7 Å². The Hall–Kier alpha value is -1.04. The van der Waals surface area contributed by atoms with E-state index in [0.29, 0.717) is 0 Å². The highest BCUT2D eigenvalue weighted by Crippen LogP contribution is 2.19. The van der Waals surface area contributed by atoms with Crippen molar-refractivity contribution in [1.82, 2.24) is 4.98 Å². The van der Waals surface area contributed by atoms with E-state index in [1.165, 1.54) is 6.07 Å². The van der Waals surface area contributed by atoms with E-state index in [4.69, 9.17) is 5.14 Å². The largest absolute Gasteiger partial charge is 0.243 e. The molecule has 108 valence electrons. The predicted molar refractivity (Wildman–Crippen MR) is 67.4 cm³/mol. The van der Waals surface area contributed by atoms with Gasteiger partial charge in [0.2, 0.25) is 10.0 Å². The molecule has 11 heteroatoms. The first-order chi connectivity index (χ1) is 8.43. The lowest BCUT2D eigenvalue weighted by atomic mass is 10.5. The summed E-state index contributed by atoms with van der Waals surface area (Å²) in [6, 6.07) is 2.36. The second-order valence-electron chi connectivity index (χ2n) is 3.76. The molecule has 0 aliphatic carbocycles. The maximum Gasteiger partial charge on any atom is 0.210 e. The van der Waals surface area contributed by atoms with E-state index >= 15 is 0 Å². The summed E-state index contributed by atoms with van der Waals surface area (Å²) in [6.45, 7) is 0. The topological polar surface area (TPSA) is 141 Å². The van der Waals surface area contributed by atoms with Crippen molar-refractivity contribution in [3.05, 3.63) is 18.3 Å². The Bertz CT molecular complexity index is 780. The Morgan fingerprint density at radius 3 is 2.16 bits per heavy atom. The van der Waals surface area contributed by atoms with Gasteiger partial charge in [0.05, 0.1) is 11.5 Å². The molecular formula is C8H12N2O6S3. The number of sulfone groups is 2. The molecule has 0 bridgehead atoms. The summed E-state index contributed by atoms with van der Waals surface area (Å²) in [7, 11) is -11.9. The molecule has 0 radical (unpaired) electrons. The lowest BCUT2D eigenvalue weighted by Gasteiger charge is -2.07. The molecule has 0 unspecified atom stereocenters. The van der Waals surface area contributed by atoms with Gasteiger partial charge in [-0.3, -0.25) is 0 Å². The molecule has 0 fully saturated rings. The average molecular weight is 328 g/mol. The molecule has 19 heavy (non-hydrogen) atoms. The smallest absolute Gasteiger partial charge is 0.210 e. The van der Waals surface area contributed by atoms with Crippen LogP contribution in [0.5, 0.6) is 0 Å². The first-order valence-electron chi connectivity index (χ1n) is 4.82. The van der Waals surface area contributed by atoms with Gasteiger partial charge >= 0.3 is 0 Å². The van der Waals surface area contributed by atoms with Crippen molar-refractivity contribution in [3.63, 3.8) is 0 Å². The van der Waals surface area contributed by atoms with Gasteiger partial charge in [0.15, 0.2) is 24.7 Å². The lowest BCUT2D eigenvalue weighted by Crippen LogP contribution is -2.24. The van der Waals surface area contributed by atoms with Crippen molar-refractivity contribution in [2.24, 2.45) is 5.14 Å². The van der Waals surface area contributed by atoms with Crippen LogP contribution in [0.25, 0.3) is 0 Å². The highest BCUT2D eigenvalue weighted by molar-refractivity contribution is 7.95. The van der Waals surface area contributed by atoms with Gasteiger partial charge in [-0.15, -0.1) is 0 Å². The molecule has 0 atom stereocenters. The number of sulfonamides is 1. The summed E-state index contributed by atoms with van der Waals surface area (Å²) in [5, 5.41) is 4.05. The van der Waals surface area contributed by atoms with Crippen molar-refractivity contribution < 1.29 is 25.3 Å². The highest BCUT2D eigenvalue weighted by Gasteiger charge is 2.26. The number of pyridine rings is 1. The Kier molecular flexibility index (Phi) is 4.34. The van der Waals surface area contributed by atoms with Crippen molar-refractivity contribution in [1.29, 1.82) is 0 Å². The van der Waals surface area contributed by atoms with Gasteiger partial charge in [-0.1, -0.05) is 0 Å². The third-order valence-electron chi connectivity index (χ3n) is 2.07. The molecule has 2 N–H and O–H groups in total. The minimum Gasteiger partial charge on any atom is -0.243 e. The number of primary sulfonamides is 1. The van der Waals surface area contributed by atoms with Crippen LogP contribution in [-0.2, 0) is 29.7 Å². The molecule has 0 saturated heterocycles. The molecule has 1 rings (SSSR count). The monoisotopic (exact) mass is 328 g/mol. The van der Waals surface area contributed by atoms with Crippen LogP contribution >= 0.6 is 0 Å². The zero-order chi connectivity index (χ0) is 14.9. The molecule has 1 heterocycles. The molecular weight excluding hydrogens is 316 g/mol. The maximum absolute atomic E-state index is 11.9. The van der Waals surface area contributed by atoms with Gasteiger partial charge in [0, 0.05) is 12.5 Å². The fourth-order valence-electron chi connectivity index (χ4n) is 1.21. The zero-order valence-corrected chi connectivity index (χ0v) is 12.3. The van der Waals surface area contributed by atoms with Crippen LogP contribution in [0.2, 0.25) is 0 Å². The summed E-state index contributed by atoms with van der Waals surface area (Å²) < 4.78 is 68.2. The molecule has 0 spiro atoms. The van der Waals surface area contributed by atoms with Crippen LogP contribution in [0.15, 0.2) is 28.3 Å². The molecule has 0 aliphatic heterocycles. The quantitative estimate of drug-likeness (QED) is 0.696. The second kappa shape index (κ2) is 5.15. The van der Waals surface area contributed by atoms with Crippen molar-refractivity contribution in [2.45, 2.75) is 9.92 Å². The molecule has 0 aliphatic rings. The Labute approximate surface area is 111 Å². The van der Waals surface area contributed by atoms with Crippen LogP contribution in [0.3, 0.4) is 0 Å². The predicted octanol–water partition coefficient (Wildman–Crippen LogP) is -1.45. The third-order valence-corrected chi connectivity index (χ3v) is 6.01. The van der Waals surface area contributed by atoms with Gasteiger partial charge in [0.1, 0.15) is 4.90 Å². The number of nitrogens with zero attached hydrogens (tertiary/aromatic N) is 1. The third kappa shape index (κ3) is 4.53. The van der Waals surface area contributed by atoms with E-state index in [1.54, 1.807) is 0 Å². The van der Waals surface area contributed by atoms with Crippen LogP contribution in [0.4, 0.5) is 0 Å². The van der Waals surface area contributed by atoms with Crippen LogP contribution < -0.4 is 5.14 Å². The fraction of sp³-hybridized carbons (Fsp3) is 0.375. The van der Waals surface area contributed by atoms with E-state index in [1.807, 2.05) is 0 Å². The van der Waals surface area contributed by atoms with Crippen molar-refractivity contribution in [3.8, 4) is 0 Å².